The normalized spacial score (nSPS) is 21.0. The number of aliphatic hydroxyl groups is 1. The highest BCUT2D eigenvalue weighted by Crippen LogP contribution is 2.19. The summed E-state index contributed by atoms with van der Waals surface area (Å²) in [5.74, 6) is 0.337. The Morgan fingerprint density at radius 2 is 2.21 bits per heavy atom. The number of rotatable bonds is 4. The van der Waals surface area contributed by atoms with Gasteiger partial charge in [0.05, 0.1) is 24.3 Å². The fourth-order valence-corrected chi connectivity index (χ4v) is 2.43. The predicted molar refractivity (Wildman–Crippen MR) is 71.7 cm³/mol. The first-order valence-electron chi connectivity index (χ1n) is 6.54. The number of likely N-dealkylation sites (tertiary alicyclic amines) is 1. The molecule has 1 saturated heterocycles. The van der Waals surface area contributed by atoms with Crippen molar-refractivity contribution < 1.29 is 9.90 Å². The first kappa shape index (κ1) is 13.7. The molecule has 1 aromatic rings. The van der Waals surface area contributed by atoms with Crippen LogP contribution in [0.1, 0.15) is 29.3 Å². The lowest BCUT2D eigenvalue weighted by atomic mass is 10.0. The van der Waals surface area contributed by atoms with E-state index in [4.69, 9.17) is 5.26 Å². The Balaban J connectivity index is 1.93. The minimum atomic E-state index is -0.310. The van der Waals surface area contributed by atoms with Crippen molar-refractivity contribution in [1.82, 2.24) is 4.90 Å². The highest BCUT2D eigenvalue weighted by molar-refractivity contribution is 5.97. The third kappa shape index (κ3) is 3.40. The number of hydrogen-bond donors (Lipinski definition) is 1. The van der Waals surface area contributed by atoms with Gasteiger partial charge in [-0.3, -0.25) is 9.69 Å². The predicted octanol–water partition coefficient (Wildman–Crippen LogP) is 1.44. The van der Waals surface area contributed by atoms with Gasteiger partial charge < -0.3 is 5.11 Å². The molecule has 2 unspecified atom stereocenters. The van der Waals surface area contributed by atoms with E-state index in [2.05, 4.69) is 4.90 Å². The molecule has 2 atom stereocenters. The Bertz CT molecular complexity index is 488. The molecule has 4 nitrogen and oxygen atoms in total. The van der Waals surface area contributed by atoms with E-state index in [0.717, 1.165) is 19.5 Å². The molecule has 19 heavy (non-hydrogen) atoms. The number of carbonyl (C=O) groups excluding carboxylic acids is 1. The molecule has 100 valence electrons. The molecule has 1 aliphatic heterocycles. The molecule has 0 aliphatic carbocycles. The van der Waals surface area contributed by atoms with Gasteiger partial charge >= 0.3 is 0 Å². The number of carbonyl (C=O) groups is 1. The van der Waals surface area contributed by atoms with Gasteiger partial charge in [0, 0.05) is 12.1 Å². The van der Waals surface area contributed by atoms with Crippen molar-refractivity contribution in [2.45, 2.75) is 19.4 Å². The number of nitriles is 1. The summed E-state index contributed by atoms with van der Waals surface area (Å²) in [6.45, 7) is 3.82. The summed E-state index contributed by atoms with van der Waals surface area (Å²) in [6, 6.07) is 8.76. The zero-order chi connectivity index (χ0) is 13.8. The molecular weight excluding hydrogens is 240 g/mol. The summed E-state index contributed by atoms with van der Waals surface area (Å²) >= 11 is 0. The number of aliphatic hydroxyl groups excluding tert-OH is 1. The third-order valence-electron chi connectivity index (χ3n) is 3.69. The van der Waals surface area contributed by atoms with Crippen LogP contribution in [0.4, 0.5) is 0 Å². The minimum Gasteiger partial charge on any atom is -0.393 e. The van der Waals surface area contributed by atoms with Crippen molar-refractivity contribution in [3.05, 3.63) is 35.4 Å². The molecule has 0 spiro atoms. The van der Waals surface area contributed by atoms with Gasteiger partial charge in [0.1, 0.15) is 0 Å². The zero-order valence-electron chi connectivity index (χ0n) is 11.0. The summed E-state index contributed by atoms with van der Waals surface area (Å²) in [5.41, 5.74) is 1.20. The summed E-state index contributed by atoms with van der Waals surface area (Å²) in [4.78, 5) is 14.2. The van der Waals surface area contributed by atoms with E-state index < -0.39 is 0 Å². The lowest BCUT2D eigenvalue weighted by Crippen LogP contribution is -2.29. The van der Waals surface area contributed by atoms with Gasteiger partial charge in [0.15, 0.2) is 5.78 Å². The van der Waals surface area contributed by atoms with Crippen LogP contribution >= 0.6 is 0 Å². The van der Waals surface area contributed by atoms with Crippen molar-refractivity contribution in [3.8, 4) is 6.07 Å². The van der Waals surface area contributed by atoms with Crippen molar-refractivity contribution >= 4 is 5.78 Å². The number of nitrogens with zero attached hydrogens (tertiary/aromatic N) is 2. The van der Waals surface area contributed by atoms with Crippen molar-refractivity contribution in [3.63, 3.8) is 0 Å². The summed E-state index contributed by atoms with van der Waals surface area (Å²) < 4.78 is 0. The van der Waals surface area contributed by atoms with Gasteiger partial charge in [-0.2, -0.15) is 5.26 Å². The van der Waals surface area contributed by atoms with E-state index in [0.29, 0.717) is 17.7 Å². The molecule has 4 heteroatoms. The molecule has 2 rings (SSSR count). The van der Waals surface area contributed by atoms with E-state index in [1.807, 2.05) is 6.07 Å². The molecule has 0 amide bonds. The number of ketones is 1. The van der Waals surface area contributed by atoms with E-state index in [-0.39, 0.29) is 17.8 Å². The average Bonchev–Trinajstić information content (AvgIpc) is 2.87. The maximum absolute atomic E-state index is 12.1. The number of benzene rings is 1. The molecule has 0 aromatic heterocycles. The molecule has 0 bridgehead atoms. The minimum absolute atomic E-state index is 0.0655. The fourth-order valence-electron chi connectivity index (χ4n) is 2.43. The van der Waals surface area contributed by atoms with Crippen LogP contribution in [0.15, 0.2) is 24.3 Å². The first-order valence-corrected chi connectivity index (χ1v) is 6.54. The Hall–Kier alpha value is -1.70. The van der Waals surface area contributed by atoms with Crippen LogP contribution in [-0.4, -0.2) is 41.5 Å². The second-order valence-electron chi connectivity index (χ2n) is 5.14. The average molecular weight is 258 g/mol. The zero-order valence-corrected chi connectivity index (χ0v) is 11.0. The monoisotopic (exact) mass is 258 g/mol. The molecule has 1 aliphatic rings. The second-order valence-corrected chi connectivity index (χ2v) is 5.14. The molecular formula is C15H18N2O2. The summed E-state index contributed by atoms with van der Waals surface area (Å²) in [7, 11) is 0. The Morgan fingerprint density at radius 3 is 2.74 bits per heavy atom. The SMILES string of the molecule is CC(O)C1CCN(CC(=O)c2ccc(C#N)cc2)C1. The van der Waals surface area contributed by atoms with Gasteiger partial charge in [0.2, 0.25) is 0 Å². The molecule has 0 radical (unpaired) electrons. The van der Waals surface area contributed by atoms with Gasteiger partial charge in [-0.15, -0.1) is 0 Å². The first-order chi connectivity index (χ1) is 9.10. The topological polar surface area (TPSA) is 64.3 Å². The quantitative estimate of drug-likeness (QED) is 0.830. The molecule has 0 saturated carbocycles. The van der Waals surface area contributed by atoms with Gasteiger partial charge in [0.25, 0.3) is 0 Å². The van der Waals surface area contributed by atoms with Crippen LogP contribution in [-0.2, 0) is 0 Å². The van der Waals surface area contributed by atoms with Crippen LogP contribution < -0.4 is 0 Å². The summed E-state index contributed by atoms with van der Waals surface area (Å²) in [5, 5.41) is 18.2. The molecule has 1 fully saturated rings. The number of Topliss-reactive ketones (excluding diaryl/α,β-unsaturated/α-hetero) is 1. The van der Waals surface area contributed by atoms with Crippen molar-refractivity contribution in [1.29, 1.82) is 5.26 Å². The Morgan fingerprint density at radius 1 is 1.53 bits per heavy atom. The van der Waals surface area contributed by atoms with Crippen LogP contribution in [0.25, 0.3) is 0 Å². The molecule has 1 N–H and O–H groups in total. The maximum atomic E-state index is 12.1. The summed E-state index contributed by atoms with van der Waals surface area (Å²) in [6.07, 6.45) is 0.633. The van der Waals surface area contributed by atoms with Crippen molar-refractivity contribution in [2.75, 3.05) is 19.6 Å². The Kier molecular flexibility index (Phi) is 4.31. The number of hydrogen-bond acceptors (Lipinski definition) is 4. The lowest BCUT2D eigenvalue weighted by Gasteiger charge is -2.16. The lowest BCUT2D eigenvalue weighted by molar-refractivity contribution is 0.0925. The van der Waals surface area contributed by atoms with Gasteiger partial charge in [-0.25, -0.2) is 0 Å². The highest BCUT2D eigenvalue weighted by Gasteiger charge is 2.27. The Labute approximate surface area is 113 Å². The second kappa shape index (κ2) is 5.96. The highest BCUT2D eigenvalue weighted by atomic mass is 16.3. The van der Waals surface area contributed by atoms with Crippen LogP contribution in [0, 0.1) is 17.2 Å². The fraction of sp³-hybridized carbons (Fsp3) is 0.467. The van der Waals surface area contributed by atoms with Gasteiger partial charge in [-0.05, 0) is 37.9 Å². The standard InChI is InChI=1S/C15H18N2O2/c1-11(18)14-6-7-17(9-14)10-15(19)13-4-2-12(8-16)3-5-13/h2-5,11,14,18H,6-7,9-10H2,1H3. The van der Waals surface area contributed by atoms with Gasteiger partial charge in [-0.1, -0.05) is 12.1 Å². The van der Waals surface area contributed by atoms with E-state index in [1.54, 1.807) is 31.2 Å². The van der Waals surface area contributed by atoms with Crippen LogP contribution in [0.5, 0.6) is 0 Å². The van der Waals surface area contributed by atoms with E-state index >= 15 is 0 Å². The van der Waals surface area contributed by atoms with Crippen LogP contribution in [0.3, 0.4) is 0 Å². The van der Waals surface area contributed by atoms with E-state index in [1.165, 1.54) is 0 Å². The van der Waals surface area contributed by atoms with E-state index in [9.17, 15) is 9.90 Å². The van der Waals surface area contributed by atoms with Crippen molar-refractivity contribution in [2.24, 2.45) is 5.92 Å². The van der Waals surface area contributed by atoms with Crippen LogP contribution in [0.2, 0.25) is 0 Å². The third-order valence-corrected chi connectivity index (χ3v) is 3.69. The smallest absolute Gasteiger partial charge is 0.176 e. The maximum Gasteiger partial charge on any atom is 0.176 e. The molecule has 1 aromatic carbocycles. The largest absolute Gasteiger partial charge is 0.393 e. The molecule has 1 heterocycles.